The molecule has 132 valence electrons. The molecule has 6 heteroatoms. The molecular weight excluding hydrogens is 425 g/mol. The van der Waals surface area contributed by atoms with Gasteiger partial charge in [0.2, 0.25) is 0 Å². The predicted molar refractivity (Wildman–Crippen MR) is 114 cm³/mol. The van der Waals surface area contributed by atoms with Crippen LogP contribution in [0.1, 0.15) is 18.2 Å². The Morgan fingerprint density at radius 1 is 1.08 bits per heavy atom. The van der Waals surface area contributed by atoms with Crippen LogP contribution in [0.2, 0.25) is 0 Å². The summed E-state index contributed by atoms with van der Waals surface area (Å²) in [4.78, 5) is 9.24. The number of guanidine groups is 1. The van der Waals surface area contributed by atoms with Crippen molar-refractivity contribution in [2.75, 3.05) is 13.1 Å². The normalized spacial score (nSPS) is 11.2. The Kier molecular flexibility index (Phi) is 7.72. The maximum Gasteiger partial charge on any atom is 0.191 e. The third-order valence-corrected chi connectivity index (χ3v) is 3.69. The van der Waals surface area contributed by atoms with E-state index in [2.05, 4.69) is 45.9 Å². The van der Waals surface area contributed by atoms with Gasteiger partial charge in [-0.25, -0.2) is 9.98 Å². The zero-order valence-electron chi connectivity index (χ0n) is 14.4. The first-order valence-electron chi connectivity index (χ1n) is 8.34. The molecule has 0 aliphatic heterocycles. The highest BCUT2D eigenvalue weighted by atomic mass is 127. The molecular formula is C19H24IN5. The van der Waals surface area contributed by atoms with Crippen LogP contribution in [0.25, 0.3) is 5.65 Å². The number of hydrogen-bond acceptors (Lipinski definition) is 2. The quantitative estimate of drug-likeness (QED) is 0.345. The molecule has 5 nitrogen and oxygen atoms in total. The minimum Gasteiger partial charge on any atom is -0.357 e. The van der Waals surface area contributed by atoms with Crippen LogP contribution < -0.4 is 10.6 Å². The molecule has 0 bridgehead atoms. The number of aromatic nitrogens is 2. The van der Waals surface area contributed by atoms with E-state index in [0.29, 0.717) is 6.54 Å². The summed E-state index contributed by atoms with van der Waals surface area (Å²) in [5.74, 6) is 0.838. The Bertz CT molecular complexity index is 765. The Hall–Kier alpha value is -2.09. The molecule has 3 aromatic rings. The van der Waals surface area contributed by atoms with Crippen molar-refractivity contribution in [2.24, 2.45) is 4.99 Å². The first kappa shape index (κ1) is 19.2. The van der Waals surface area contributed by atoms with Gasteiger partial charge in [0.25, 0.3) is 0 Å². The minimum absolute atomic E-state index is 0. The summed E-state index contributed by atoms with van der Waals surface area (Å²) in [6.07, 6.45) is 4.95. The highest BCUT2D eigenvalue weighted by Crippen LogP contribution is 2.04. The average Bonchev–Trinajstić information content (AvgIpc) is 3.03. The van der Waals surface area contributed by atoms with Crippen molar-refractivity contribution in [3.63, 3.8) is 0 Å². The number of pyridine rings is 1. The molecule has 0 aliphatic carbocycles. The third-order valence-electron chi connectivity index (χ3n) is 3.69. The molecule has 25 heavy (non-hydrogen) atoms. The number of imidazole rings is 1. The number of aliphatic imine (C=N–C) groups is 1. The second kappa shape index (κ2) is 10.0. The van der Waals surface area contributed by atoms with Crippen molar-refractivity contribution in [3.05, 3.63) is 72.2 Å². The van der Waals surface area contributed by atoms with E-state index in [0.717, 1.165) is 36.8 Å². The highest BCUT2D eigenvalue weighted by Gasteiger charge is 2.02. The monoisotopic (exact) mass is 449 g/mol. The SMILES string of the molecule is CCNC(=NCc1ccccc1)NCCc1cn2ccccc2n1.I. The van der Waals surface area contributed by atoms with E-state index in [9.17, 15) is 0 Å². The van der Waals surface area contributed by atoms with Gasteiger partial charge in [0, 0.05) is 31.9 Å². The summed E-state index contributed by atoms with van der Waals surface area (Å²) in [5, 5.41) is 6.65. The van der Waals surface area contributed by atoms with Crippen LogP contribution in [0.5, 0.6) is 0 Å². The summed E-state index contributed by atoms with van der Waals surface area (Å²) in [6.45, 7) is 4.38. The number of nitrogens with one attached hydrogen (secondary N) is 2. The van der Waals surface area contributed by atoms with E-state index in [1.54, 1.807) is 0 Å². The molecule has 0 amide bonds. The lowest BCUT2D eigenvalue weighted by Gasteiger charge is -2.10. The molecule has 2 heterocycles. The fraction of sp³-hybridized carbons (Fsp3) is 0.263. The second-order valence-corrected chi connectivity index (χ2v) is 5.56. The van der Waals surface area contributed by atoms with E-state index in [1.165, 1.54) is 5.56 Å². The Balaban J connectivity index is 0.00000225. The van der Waals surface area contributed by atoms with Crippen molar-refractivity contribution in [2.45, 2.75) is 19.9 Å². The molecule has 0 spiro atoms. The standard InChI is InChI=1S/C19H23N5.HI/c1-2-20-19(22-14-16-8-4-3-5-9-16)21-12-11-17-15-24-13-7-6-10-18(24)23-17;/h3-10,13,15H,2,11-12,14H2,1H3,(H2,20,21,22);1H. The topological polar surface area (TPSA) is 53.7 Å². The molecule has 0 aliphatic rings. The van der Waals surface area contributed by atoms with Gasteiger partial charge in [0.15, 0.2) is 5.96 Å². The molecule has 0 atom stereocenters. The van der Waals surface area contributed by atoms with Crippen molar-refractivity contribution < 1.29 is 0 Å². The molecule has 3 rings (SSSR count). The van der Waals surface area contributed by atoms with Crippen LogP contribution in [0.3, 0.4) is 0 Å². The van der Waals surface area contributed by atoms with Gasteiger partial charge in [-0.15, -0.1) is 24.0 Å². The van der Waals surface area contributed by atoms with Crippen molar-refractivity contribution in [1.29, 1.82) is 0 Å². The Morgan fingerprint density at radius 2 is 1.88 bits per heavy atom. The van der Waals surface area contributed by atoms with E-state index in [1.807, 2.05) is 47.0 Å². The summed E-state index contributed by atoms with van der Waals surface area (Å²) in [7, 11) is 0. The van der Waals surface area contributed by atoms with Crippen LogP contribution in [0, 0.1) is 0 Å². The fourth-order valence-electron chi connectivity index (χ4n) is 2.51. The van der Waals surface area contributed by atoms with Crippen LogP contribution in [0.4, 0.5) is 0 Å². The van der Waals surface area contributed by atoms with Gasteiger partial charge in [-0.05, 0) is 24.6 Å². The lowest BCUT2D eigenvalue weighted by atomic mass is 10.2. The Morgan fingerprint density at radius 3 is 2.64 bits per heavy atom. The fourth-order valence-corrected chi connectivity index (χ4v) is 2.51. The first-order chi connectivity index (χ1) is 11.8. The molecule has 2 aromatic heterocycles. The van der Waals surface area contributed by atoms with Gasteiger partial charge in [-0.1, -0.05) is 36.4 Å². The van der Waals surface area contributed by atoms with Gasteiger partial charge in [-0.2, -0.15) is 0 Å². The second-order valence-electron chi connectivity index (χ2n) is 5.56. The van der Waals surface area contributed by atoms with Gasteiger partial charge < -0.3 is 15.0 Å². The number of halogens is 1. The predicted octanol–water partition coefficient (Wildman–Crippen LogP) is 3.25. The summed E-state index contributed by atoms with van der Waals surface area (Å²) in [5.41, 5.74) is 3.26. The minimum atomic E-state index is 0. The molecule has 0 radical (unpaired) electrons. The largest absolute Gasteiger partial charge is 0.357 e. The third kappa shape index (κ3) is 5.74. The first-order valence-corrected chi connectivity index (χ1v) is 8.34. The van der Waals surface area contributed by atoms with Crippen LogP contribution >= 0.6 is 24.0 Å². The Labute approximate surface area is 165 Å². The summed E-state index contributed by atoms with van der Waals surface area (Å²) < 4.78 is 2.05. The number of rotatable bonds is 6. The summed E-state index contributed by atoms with van der Waals surface area (Å²) in [6, 6.07) is 16.3. The van der Waals surface area contributed by atoms with E-state index in [-0.39, 0.29) is 24.0 Å². The van der Waals surface area contributed by atoms with E-state index >= 15 is 0 Å². The van der Waals surface area contributed by atoms with Crippen LogP contribution in [0.15, 0.2) is 65.9 Å². The number of benzene rings is 1. The molecule has 0 fully saturated rings. The highest BCUT2D eigenvalue weighted by molar-refractivity contribution is 14.0. The van der Waals surface area contributed by atoms with Gasteiger partial charge >= 0.3 is 0 Å². The van der Waals surface area contributed by atoms with Crippen molar-refractivity contribution >= 4 is 35.6 Å². The molecule has 0 unspecified atom stereocenters. The zero-order chi connectivity index (χ0) is 16.6. The molecule has 2 N–H and O–H groups in total. The average molecular weight is 449 g/mol. The van der Waals surface area contributed by atoms with Crippen molar-refractivity contribution in [1.82, 2.24) is 20.0 Å². The molecule has 1 aromatic carbocycles. The van der Waals surface area contributed by atoms with Crippen molar-refractivity contribution in [3.8, 4) is 0 Å². The van der Waals surface area contributed by atoms with Gasteiger partial charge in [0.1, 0.15) is 5.65 Å². The zero-order valence-corrected chi connectivity index (χ0v) is 16.7. The van der Waals surface area contributed by atoms with E-state index < -0.39 is 0 Å². The lowest BCUT2D eigenvalue weighted by molar-refractivity contribution is 0.791. The van der Waals surface area contributed by atoms with E-state index in [4.69, 9.17) is 0 Å². The maximum atomic E-state index is 4.63. The lowest BCUT2D eigenvalue weighted by Crippen LogP contribution is -2.38. The smallest absolute Gasteiger partial charge is 0.191 e. The molecule has 0 saturated heterocycles. The van der Waals surface area contributed by atoms with Crippen LogP contribution in [-0.4, -0.2) is 28.4 Å². The maximum absolute atomic E-state index is 4.63. The van der Waals surface area contributed by atoms with Crippen LogP contribution in [-0.2, 0) is 13.0 Å². The summed E-state index contributed by atoms with van der Waals surface area (Å²) >= 11 is 0. The molecule has 0 saturated carbocycles. The number of fused-ring (bicyclic) bond motifs is 1. The van der Waals surface area contributed by atoms with Gasteiger partial charge in [0.05, 0.1) is 12.2 Å². The number of hydrogen-bond donors (Lipinski definition) is 2. The number of nitrogens with zero attached hydrogens (tertiary/aromatic N) is 3. The van der Waals surface area contributed by atoms with Gasteiger partial charge in [-0.3, -0.25) is 0 Å².